The van der Waals surface area contributed by atoms with Gasteiger partial charge in [-0.15, -0.1) is 0 Å². The van der Waals surface area contributed by atoms with Crippen LogP contribution in [0.4, 0.5) is 11.4 Å². The van der Waals surface area contributed by atoms with Gasteiger partial charge in [-0.3, -0.25) is 9.69 Å². The highest BCUT2D eigenvalue weighted by Gasteiger charge is 2.19. The monoisotopic (exact) mass is 396 g/mol. The smallest absolute Gasteiger partial charge is 0.273 e. The van der Waals surface area contributed by atoms with E-state index in [-0.39, 0.29) is 16.6 Å². The van der Waals surface area contributed by atoms with E-state index in [4.69, 9.17) is 27.9 Å². The van der Waals surface area contributed by atoms with E-state index in [0.29, 0.717) is 16.4 Å². The number of benzene rings is 1. The first-order valence-corrected chi connectivity index (χ1v) is 9.29. The van der Waals surface area contributed by atoms with Crippen molar-refractivity contribution in [1.82, 2.24) is 9.88 Å². The lowest BCUT2D eigenvalue weighted by molar-refractivity contribution is 0.0398. The lowest BCUT2D eigenvalue weighted by Crippen LogP contribution is -2.39. The molecule has 1 saturated heterocycles. The van der Waals surface area contributed by atoms with Crippen molar-refractivity contribution >= 4 is 40.5 Å². The van der Waals surface area contributed by atoms with Crippen LogP contribution in [0.25, 0.3) is 0 Å². The number of nitrogens with zero attached hydrogens (tertiary/aromatic N) is 1. The molecule has 1 aromatic heterocycles. The number of aryl methyl sites for hydroxylation is 1. The van der Waals surface area contributed by atoms with Crippen LogP contribution < -0.4 is 10.6 Å². The van der Waals surface area contributed by atoms with E-state index < -0.39 is 0 Å². The van der Waals surface area contributed by atoms with Gasteiger partial charge in [0.05, 0.1) is 34.6 Å². The Morgan fingerprint density at radius 1 is 1.19 bits per heavy atom. The number of rotatable bonds is 6. The van der Waals surface area contributed by atoms with Crippen LogP contribution in [0.3, 0.4) is 0 Å². The van der Waals surface area contributed by atoms with Gasteiger partial charge < -0.3 is 20.4 Å². The van der Waals surface area contributed by atoms with Crippen LogP contribution in [0.1, 0.15) is 16.2 Å². The zero-order valence-electron chi connectivity index (χ0n) is 14.6. The maximum absolute atomic E-state index is 12.5. The molecule has 140 valence electrons. The first-order chi connectivity index (χ1) is 12.6. The summed E-state index contributed by atoms with van der Waals surface area (Å²) in [6, 6.07) is 7.58. The Morgan fingerprint density at radius 3 is 2.54 bits per heavy atom. The number of aromatic nitrogens is 1. The Bertz CT molecular complexity index is 773. The van der Waals surface area contributed by atoms with Gasteiger partial charge in [-0.05, 0) is 19.1 Å². The van der Waals surface area contributed by atoms with Crippen molar-refractivity contribution in [2.24, 2.45) is 0 Å². The summed E-state index contributed by atoms with van der Waals surface area (Å²) in [5.41, 5.74) is 2.48. The van der Waals surface area contributed by atoms with Gasteiger partial charge >= 0.3 is 0 Å². The minimum atomic E-state index is -0.326. The van der Waals surface area contributed by atoms with Gasteiger partial charge in [-0.25, -0.2) is 0 Å². The molecule has 0 aliphatic carbocycles. The number of nitrogens with one attached hydrogen (secondary N) is 3. The second kappa shape index (κ2) is 8.77. The fraction of sp³-hybridized carbons (Fsp3) is 0.389. The standard InChI is InChI=1S/C18H22Cl2N4O2/c1-12-15(19)16(20)17(22-12)18(25)23-14-5-3-2-4-13(14)21-6-7-24-8-10-26-11-9-24/h2-5,21-22H,6-11H2,1H3,(H,23,25). The van der Waals surface area contributed by atoms with Gasteiger partial charge in [0, 0.05) is 31.9 Å². The topological polar surface area (TPSA) is 69.4 Å². The Kier molecular flexibility index (Phi) is 6.43. The average molecular weight is 397 g/mol. The van der Waals surface area contributed by atoms with Crippen LogP contribution in [0.2, 0.25) is 10.0 Å². The highest BCUT2D eigenvalue weighted by atomic mass is 35.5. The van der Waals surface area contributed by atoms with Crippen LogP contribution in [0, 0.1) is 6.92 Å². The fourth-order valence-corrected chi connectivity index (χ4v) is 3.25. The third kappa shape index (κ3) is 4.51. The van der Waals surface area contributed by atoms with Gasteiger partial charge in [0.15, 0.2) is 0 Å². The summed E-state index contributed by atoms with van der Waals surface area (Å²) in [7, 11) is 0. The van der Waals surface area contributed by atoms with Crippen molar-refractivity contribution in [2.45, 2.75) is 6.92 Å². The molecule has 1 aliphatic heterocycles. The summed E-state index contributed by atoms with van der Waals surface area (Å²) in [5.74, 6) is -0.326. The summed E-state index contributed by atoms with van der Waals surface area (Å²) >= 11 is 12.2. The molecule has 0 atom stereocenters. The third-order valence-corrected chi connectivity index (χ3v) is 5.25. The highest BCUT2D eigenvalue weighted by molar-refractivity contribution is 6.44. The number of H-pyrrole nitrogens is 1. The third-order valence-electron chi connectivity index (χ3n) is 4.30. The number of morpholine rings is 1. The number of hydrogen-bond donors (Lipinski definition) is 3. The second-order valence-corrected chi connectivity index (χ2v) is 6.89. The molecule has 0 unspecified atom stereocenters. The summed E-state index contributed by atoms with van der Waals surface area (Å²) < 4.78 is 5.36. The number of amides is 1. The molecule has 3 rings (SSSR count). The first kappa shape index (κ1) is 19.0. The van der Waals surface area contributed by atoms with E-state index >= 15 is 0 Å². The van der Waals surface area contributed by atoms with E-state index in [1.54, 1.807) is 6.92 Å². The van der Waals surface area contributed by atoms with E-state index in [1.165, 1.54) is 0 Å². The molecule has 26 heavy (non-hydrogen) atoms. The van der Waals surface area contributed by atoms with Crippen LogP contribution in [-0.2, 0) is 4.74 Å². The Morgan fingerprint density at radius 2 is 1.88 bits per heavy atom. The van der Waals surface area contributed by atoms with Gasteiger partial charge in [0.2, 0.25) is 0 Å². The number of carbonyl (C=O) groups is 1. The molecule has 1 amide bonds. The Balaban J connectivity index is 1.63. The summed E-state index contributed by atoms with van der Waals surface area (Å²) in [4.78, 5) is 17.8. The number of ether oxygens (including phenoxy) is 1. The lowest BCUT2D eigenvalue weighted by Gasteiger charge is -2.26. The van der Waals surface area contributed by atoms with Gasteiger partial charge in [0.1, 0.15) is 5.69 Å². The summed E-state index contributed by atoms with van der Waals surface area (Å²) in [6.07, 6.45) is 0. The molecule has 8 heteroatoms. The maximum Gasteiger partial charge on any atom is 0.273 e. The molecule has 1 aromatic carbocycles. The largest absolute Gasteiger partial charge is 0.382 e. The number of para-hydroxylation sites is 2. The fourth-order valence-electron chi connectivity index (χ4n) is 2.83. The van der Waals surface area contributed by atoms with Crippen LogP contribution in [-0.4, -0.2) is 55.2 Å². The van der Waals surface area contributed by atoms with Crippen molar-refractivity contribution in [3.8, 4) is 0 Å². The van der Waals surface area contributed by atoms with E-state index in [1.807, 2.05) is 24.3 Å². The zero-order valence-corrected chi connectivity index (χ0v) is 16.1. The highest BCUT2D eigenvalue weighted by Crippen LogP contribution is 2.30. The minimum absolute atomic E-state index is 0.236. The Hall–Kier alpha value is -1.73. The van der Waals surface area contributed by atoms with E-state index in [0.717, 1.165) is 45.1 Å². The van der Waals surface area contributed by atoms with E-state index in [9.17, 15) is 4.79 Å². The number of halogens is 2. The number of carbonyl (C=O) groups excluding carboxylic acids is 1. The molecule has 0 spiro atoms. The van der Waals surface area contributed by atoms with Crippen molar-refractivity contribution in [2.75, 3.05) is 50.0 Å². The predicted molar refractivity (Wildman–Crippen MR) is 106 cm³/mol. The Labute approximate surface area is 162 Å². The zero-order chi connectivity index (χ0) is 18.5. The lowest BCUT2D eigenvalue weighted by atomic mass is 10.2. The van der Waals surface area contributed by atoms with Crippen LogP contribution in [0.15, 0.2) is 24.3 Å². The van der Waals surface area contributed by atoms with Gasteiger partial charge in [0.25, 0.3) is 5.91 Å². The normalized spacial score (nSPS) is 15.0. The van der Waals surface area contributed by atoms with Crippen molar-refractivity contribution < 1.29 is 9.53 Å². The number of hydrogen-bond acceptors (Lipinski definition) is 4. The quantitative estimate of drug-likeness (QED) is 0.697. The maximum atomic E-state index is 12.5. The molecule has 0 bridgehead atoms. The van der Waals surface area contributed by atoms with Gasteiger partial charge in [-0.1, -0.05) is 35.3 Å². The summed E-state index contributed by atoms with van der Waals surface area (Å²) in [5, 5.41) is 6.87. The molecule has 2 aromatic rings. The second-order valence-electron chi connectivity index (χ2n) is 6.13. The number of anilines is 2. The predicted octanol–water partition coefficient (Wildman–Crippen LogP) is 3.63. The summed E-state index contributed by atoms with van der Waals surface area (Å²) in [6.45, 7) is 6.93. The van der Waals surface area contributed by atoms with Crippen molar-refractivity contribution in [3.05, 3.63) is 45.7 Å². The molecule has 1 fully saturated rings. The van der Waals surface area contributed by atoms with Crippen LogP contribution in [0.5, 0.6) is 0 Å². The molecule has 1 aliphatic rings. The molecule has 6 nitrogen and oxygen atoms in total. The SMILES string of the molecule is Cc1[nH]c(C(=O)Nc2ccccc2NCCN2CCOCC2)c(Cl)c1Cl. The first-order valence-electron chi connectivity index (χ1n) is 8.54. The minimum Gasteiger partial charge on any atom is -0.382 e. The molecule has 3 N–H and O–H groups in total. The van der Waals surface area contributed by atoms with E-state index in [2.05, 4.69) is 20.5 Å². The van der Waals surface area contributed by atoms with Crippen molar-refractivity contribution in [1.29, 1.82) is 0 Å². The van der Waals surface area contributed by atoms with Gasteiger partial charge in [-0.2, -0.15) is 0 Å². The molecular weight excluding hydrogens is 375 g/mol. The molecule has 0 radical (unpaired) electrons. The molecular formula is C18H22Cl2N4O2. The number of aromatic amines is 1. The van der Waals surface area contributed by atoms with Crippen molar-refractivity contribution in [3.63, 3.8) is 0 Å². The molecule has 2 heterocycles. The molecule has 0 saturated carbocycles. The average Bonchev–Trinajstić information content (AvgIpc) is 2.91. The van der Waals surface area contributed by atoms with Crippen LogP contribution >= 0.6 is 23.2 Å².